The van der Waals surface area contributed by atoms with Gasteiger partial charge in [0.1, 0.15) is 6.04 Å². The Morgan fingerprint density at radius 2 is 1.85 bits per heavy atom. The monoisotopic (exact) mass is 342 g/mol. The minimum atomic E-state index is -1.10. The van der Waals surface area contributed by atoms with E-state index in [1.54, 1.807) is 24.3 Å². The maximum Gasteiger partial charge on any atom is 0.325 e. The molecule has 6 nitrogen and oxygen atoms in total. The molecule has 1 aromatic carbocycles. The molecule has 1 rings (SSSR count). The molecule has 0 aliphatic heterocycles. The molecule has 0 saturated heterocycles. The highest BCUT2D eigenvalue weighted by molar-refractivity contribution is 9.10. The van der Waals surface area contributed by atoms with Crippen molar-refractivity contribution < 1.29 is 19.5 Å². The third-order valence-corrected chi connectivity index (χ3v) is 3.02. The van der Waals surface area contributed by atoms with Crippen molar-refractivity contribution >= 4 is 33.7 Å². The summed E-state index contributed by atoms with van der Waals surface area (Å²) >= 11 is 3.27. The second-order valence-corrected chi connectivity index (χ2v) is 5.06. The standard InChI is InChI=1S/C13H15BrN2O4/c1-8(13(19)20)16-11(17)6-7-15-12(18)9-2-4-10(14)5-3-9/h2-5,8H,6-7H2,1H3,(H,15,18)(H,16,17)(H,19,20). The molecule has 0 radical (unpaired) electrons. The smallest absolute Gasteiger partial charge is 0.325 e. The maximum absolute atomic E-state index is 11.7. The molecule has 0 spiro atoms. The highest BCUT2D eigenvalue weighted by Crippen LogP contribution is 2.10. The Bertz CT molecular complexity index is 502. The third kappa shape index (κ3) is 5.40. The molecule has 0 aromatic heterocycles. The van der Waals surface area contributed by atoms with E-state index in [0.717, 1.165) is 4.47 Å². The van der Waals surface area contributed by atoms with Gasteiger partial charge in [0, 0.05) is 23.0 Å². The molecular weight excluding hydrogens is 328 g/mol. The minimum absolute atomic E-state index is 0.0277. The van der Waals surface area contributed by atoms with Crippen LogP contribution in [-0.4, -0.2) is 35.5 Å². The summed E-state index contributed by atoms with van der Waals surface area (Å²) in [6, 6.07) is 5.87. The lowest BCUT2D eigenvalue weighted by Gasteiger charge is -2.09. The lowest BCUT2D eigenvalue weighted by Crippen LogP contribution is -2.39. The molecule has 0 fully saturated rings. The van der Waals surface area contributed by atoms with Crippen molar-refractivity contribution in [1.29, 1.82) is 0 Å². The van der Waals surface area contributed by atoms with Crippen LogP contribution in [0.15, 0.2) is 28.7 Å². The van der Waals surface area contributed by atoms with E-state index in [9.17, 15) is 14.4 Å². The van der Waals surface area contributed by atoms with Crippen LogP contribution < -0.4 is 10.6 Å². The number of hydrogen-bond acceptors (Lipinski definition) is 3. The van der Waals surface area contributed by atoms with Crippen molar-refractivity contribution in [2.75, 3.05) is 6.54 Å². The SMILES string of the molecule is CC(NC(=O)CCNC(=O)c1ccc(Br)cc1)C(=O)O. The van der Waals surface area contributed by atoms with Crippen molar-refractivity contribution in [3.63, 3.8) is 0 Å². The normalized spacial score (nSPS) is 11.5. The molecule has 20 heavy (non-hydrogen) atoms. The lowest BCUT2D eigenvalue weighted by atomic mass is 10.2. The van der Waals surface area contributed by atoms with E-state index >= 15 is 0 Å². The summed E-state index contributed by atoms with van der Waals surface area (Å²) < 4.78 is 0.871. The quantitative estimate of drug-likeness (QED) is 0.722. The van der Waals surface area contributed by atoms with Crippen molar-refractivity contribution in [1.82, 2.24) is 10.6 Å². The molecule has 1 unspecified atom stereocenters. The second-order valence-electron chi connectivity index (χ2n) is 4.14. The fourth-order valence-electron chi connectivity index (χ4n) is 1.37. The first kappa shape index (κ1) is 16.2. The number of amides is 2. The highest BCUT2D eigenvalue weighted by Gasteiger charge is 2.13. The fourth-order valence-corrected chi connectivity index (χ4v) is 1.63. The van der Waals surface area contributed by atoms with Gasteiger partial charge in [-0.3, -0.25) is 14.4 Å². The van der Waals surface area contributed by atoms with Gasteiger partial charge in [-0.05, 0) is 31.2 Å². The number of carbonyl (C=O) groups is 3. The van der Waals surface area contributed by atoms with Crippen LogP contribution in [-0.2, 0) is 9.59 Å². The second kappa shape index (κ2) is 7.64. The number of hydrogen-bond donors (Lipinski definition) is 3. The van der Waals surface area contributed by atoms with Crippen molar-refractivity contribution in [3.05, 3.63) is 34.3 Å². The number of carboxylic acid groups (broad SMARTS) is 1. The zero-order chi connectivity index (χ0) is 15.1. The van der Waals surface area contributed by atoms with E-state index in [-0.39, 0.29) is 18.9 Å². The van der Waals surface area contributed by atoms with E-state index in [4.69, 9.17) is 5.11 Å². The van der Waals surface area contributed by atoms with E-state index < -0.39 is 17.9 Å². The highest BCUT2D eigenvalue weighted by atomic mass is 79.9. The van der Waals surface area contributed by atoms with Gasteiger partial charge in [0.15, 0.2) is 0 Å². The Balaban J connectivity index is 2.33. The van der Waals surface area contributed by atoms with Gasteiger partial charge < -0.3 is 15.7 Å². The maximum atomic E-state index is 11.7. The number of aliphatic carboxylic acids is 1. The van der Waals surface area contributed by atoms with Crippen LogP contribution in [0.1, 0.15) is 23.7 Å². The van der Waals surface area contributed by atoms with Gasteiger partial charge in [-0.15, -0.1) is 0 Å². The third-order valence-electron chi connectivity index (χ3n) is 2.49. The number of benzene rings is 1. The Labute approximate surface area is 124 Å². The Hall–Kier alpha value is -1.89. The molecule has 108 valence electrons. The summed E-state index contributed by atoms with van der Waals surface area (Å²) in [5.41, 5.74) is 0.493. The molecule has 1 aromatic rings. The zero-order valence-corrected chi connectivity index (χ0v) is 12.4. The number of nitrogens with one attached hydrogen (secondary N) is 2. The van der Waals surface area contributed by atoms with Crippen LogP contribution >= 0.6 is 15.9 Å². The molecular formula is C13H15BrN2O4. The zero-order valence-electron chi connectivity index (χ0n) is 10.9. The van der Waals surface area contributed by atoms with Gasteiger partial charge in [-0.1, -0.05) is 15.9 Å². The Morgan fingerprint density at radius 1 is 1.25 bits per heavy atom. The summed E-state index contributed by atoms with van der Waals surface area (Å²) in [7, 11) is 0. The summed E-state index contributed by atoms with van der Waals surface area (Å²) in [5.74, 6) is -1.80. The van der Waals surface area contributed by atoms with Crippen LogP contribution in [0.25, 0.3) is 0 Å². The average Bonchev–Trinajstić information content (AvgIpc) is 2.39. The van der Waals surface area contributed by atoms with Gasteiger partial charge >= 0.3 is 5.97 Å². The first-order chi connectivity index (χ1) is 9.40. The van der Waals surface area contributed by atoms with Crippen LogP contribution in [0.5, 0.6) is 0 Å². The topological polar surface area (TPSA) is 95.5 Å². The first-order valence-corrected chi connectivity index (χ1v) is 6.75. The molecule has 3 N–H and O–H groups in total. The largest absolute Gasteiger partial charge is 0.480 e. The van der Waals surface area contributed by atoms with Gasteiger partial charge in [0.25, 0.3) is 5.91 Å². The molecule has 1 atom stereocenters. The predicted molar refractivity (Wildman–Crippen MR) is 76.3 cm³/mol. The summed E-state index contributed by atoms with van der Waals surface area (Å²) in [6.45, 7) is 1.52. The first-order valence-electron chi connectivity index (χ1n) is 5.96. The molecule has 7 heteroatoms. The summed E-state index contributed by atoms with van der Waals surface area (Å²) in [5, 5.41) is 13.5. The summed E-state index contributed by atoms with van der Waals surface area (Å²) in [4.78, 5) is 33.6. The number of halogens is 1. The van der Waals surface area contributed by atoms with Gasteiger partial charge in [-0.2, -0.15) is 0 Å². The van der Waals surface area contributed by atoms with Crippen LogP contribution in [0.2, 0.25) is 0 Å². The summed E-state index contributed by atoms with van der Waals surface area (Å²) in [6.07, 6.45) is 0.0277. The van der Waals surface area contributed by atoms with E-state index in [0.29, 0.717) is 5.56 Å². The van der Waals surface area contributed by atoms with E-state index in [1.807, 2.05) is 0 Å². The van der Waals surface area contributed by atoms with Crippen LogP contribution in [0.4, 0.5) is 0 Å². The Kier molecular flexibility index (Phi) is 6.17. The molecule has 0 aliphatic rings. The number of carboxylic acids is 1. The van der Waals surface area contributed by atoms with Crippen LogP contribution in [0.3, 0.4) is 0 Å². The molecule has 0 bridgehead atoms. The average molecular weight is 343 g/mol. The van der Waals surface area contributed by atoms with Crippen molar-refractivity contribution in [3.8, 4) is 0 Å². The van der Waals surface area contributed by atoms with E-state index in [1.165, 1.54) is 6.92 Å². The lowest BCUT2D eigenvalue weighted by molar-refractivity contribution is -0.141. The minimum Gasteiger partial charge on any atom is -0.480 e. The molecule has 0 aliphatic carbocycles. The van der Waals surface area contributed by atoms with Gasteiger partial charge in [0.2, 0.25) is 5.91 Å². The van der Waals surface area contributed by atoms with Crippen molar-refractivity contribution in [2.45, 2.75) is 19.4 Å². The molecule has 2 amide bonds. The number of rotatable bonds is 6. The van der Waals surface area contributed by atoms with Gasteiger partial charge in [-0.25, -0.2) is 0 Å². The Morgan fingerprint density at radius 3 is 2.40 bits per heavy atom. The fraction of sp³-hybridized carbons (Fsp3) is 0.308. The molecule has 0 saturated carbocycles. The van der Waals surface area contributed by atoms with Crippen LogP contribution in [0, 0.1) is 0 Å². The number of carbonyl (C=O) groups excluding carboxylic acids is 2. The van der Waals surface area contributed by atoms with E-state index in [2.05, 4.69) is 26.6 Å². The van der Waals surface area contributed by atoms with Gasteiger partial charge in [0.05, 0.1) is 0 Å². The molecule has 0 heterocycles. The van der Waals surface area contributed by atoms with Crippen molar-refractivity contribution in [2.24, 2.45) is 0 Å². The predicted octanol–water partition coefficient (Wildman–Crippen LogP) is 1.16.